The maximum absolute atomic E-state index is 11.4. The van der Waals surface area contributed by atoms with Crippen LogP contribution < -0.4 is 0 Å². The van der Waals surface area contributed by atoms with Gasteiger partial charge in [-0.1, -0.05) is 0 Å². The Labute approximate surface area is 126 Å². The maximum Gasteiger partial charge on any atom is 0.161 e. The van der Waals surface area contributed by atoms with E-state index < -0.39 is 0 Å². The van der Waals surface area contributed by atoms with E-state index in [1.165, 1.54) is 5.69 Å². The summed E-state index contributed by atoms with van der Waals surface area (Å²) in [6.45, 7) is 3.47. The summed E-state index contributed by atoms with van der Waals surface area (Å²) < 4.78 is 4.10. The number of rotatable bonds is 7. The van der Waals surface area contributed by atoms with E-state index >= 15 is 0 Å². The number of aryl methyl sites for hydroxylation is 3. The Morgan fingerprint density at radius 2 is 2.10 bits per heavy atom. The van der Waals surface area contributed by atoms with Crippen molar-refractivity contribution in [3.05, 3.63) is 41.7 Å². The van der Waals surface area contributed by atoms with Gasteiger partial charge in [-0.05, 0) is 33.0 Å². The minimum absolute atomic E-state index is 0.120. The molecule has 21 heavy (non-hydrogen) atoms. The molecule has 0 fully saturated rings. The monoisotopic (exact) mass is 288 g/mol. The van der Waals surface area contributed by atoms with Crippen LogP contribution in [0.4, 0.5) is 0 Å². The summed E-state index contributed by atoms with van der Waals surface area (Å²) in [5.74, 6) is 1.25. The Balaban J connectivity index is 1.83. The number of nitrogens with zero attached hydrogens (tertiary/aromatic N) is 4. The fraction of sp³-hybridized carbons (Fsp3) is 0.500. The first-order valence-electron chi connectivity index (χ1n) is 7.28. The molecule has 2 aromatic heterocycles. The third kappa shape index (κ3) is 4.04. The van der Waals surface area contributed by atoms with Crippen molar-refractivity contribution in [2.75, 3.05) is 13.6 Å². The predicted octanol–water partition coefficient (Wildman–Crippen LogP) is 2.03. The molecule has 0 N–H and O–H groups in total. The molecule has 5 nitrogen and oxygen atoms in total. The highest BCUT2D eigenvalue weighted by Gasteiger charge is 2.09. The lowest BCUT2D eigenvalue weighted by Crippen LogP contribution is -2.21. The van der Waals surface area contributed by atoms with Crippen molar-refractivity contribution in [2.24, 2.45) is 14.1 Å². The molecule has 5 heteroatoms. The van der Waals surface area contributed by atoms with Gasteiger partial charge in [0.1, 0.15) is 5.82 Å². The number of carbonyl (C=O) groups is 1. The molecule has 0 spiro atoms. The van der Waals surface area contributed by atoms with Gasteiger partial charge in [0, 0.05) is 56.9 Å². The first kappa shape index (κ1) is 15.5. The predicted molar refractivity (Wildman–Crippen MR) is 83.3 cm³/mol. The molecule has 0 saturated carbocycles. The summed E-state index contributed by atoms with van der Waals surface area (Å²) >= 11 is 0. The lowest BCUT2D eigenvalue weighted by atomic mass is 10.2. The summed E-state index contributed by atoms with van der Waals surface area (Å²) in [6, 6.07) is 1.98. The quantitative estimate of drug-likeness (QED) is 0.732. The maximum atomic E-state index is 11.4. The van der Waals surface area contributed by atoms with E-state index in [0.29, 0.717) is 0 Å². The van der Waals surface area contributed by atoms with Crippen LogP contribution in [0.1, 0.15) is 35.2 Å². The third-order valence-electron chi connectivity index (χ3n) is 3.81. The van der Waals surface area contributed by atoms with Crippen LogP contribution >= 0.6 is 0 Å². The molecule has 2 heterocycles. The van der Waals surface area contributed by atoms with Crippen LogP contribution in [0.5, 0.6) is 0 Å². The smallest absolute Gasteiger partial charge is 0.161 e. The van der Waals surface area contributed by atoms with Gasteiger partial charge < -0.3 is 14.0 Å². The molecule has 0 bridgehead atoms. The lowest BCUT2D eigenvalue weighted by Gasteiger charge is -2.16. The Morgan fingerprint density at radius 3 is 2.67 bits per heavy atom. The van der Waals surface area contributed by atoms with Crippen molar-refractivity contribution in [1.29, 1.82) is 0 Å². The first-order chi connectivity index (χ1) is 9.97. The Morgan fingerprint density at radius 1 is 1.33 bits per heavy atom. The molecule has 0 aliphatic carbocycles. The normalized spacial score (nSPS) is 11.3. The van der Waals surface area contributed by atoms with E-state index in [-0.39, 0.29) is 5.78 Å². The second kappa shape index (κ2) is 6.72. The van der Waals surface area contributed by atoms with E-state index in [1.807, 2.05) is 43.3 Å². The lowest BCUT2D eigenvalue weighted by molar-refractivity contribution is 0.101. The van der Waals surface area contributed by atoms with Gasteiger partial charge in [-0.3, -0.25) is 4.79 Å². The van der Waals surface area contributed by atoms with Crippen molar-refractivity contribution in [2.45, 2.75) is 26.3 Å². The molecular formula is C16H24N4O. The zero-order valence-corrected chi connectivity index (χ0v) is 13.3. The van der Waals surface area contributed by atoms with E-state index in [4.69, 9.17) is 0 Å². The minimum atomic E-state index is 0.120. The summed E-state index contributed by atoms with van der Waals surface area (Å²) in [6.07, 6.45) is 7.78. The second-order valence-corrected chi connectivity index (χ2v) is 5.68. The van der Waals surface area contributed by atoms with Gasteiger partial charge in [0.05, 0.1) is 0 Å². The van der Waals surface area contributed by atoms with Gasteiger partial charge in [-0.15, -0.1) is 0 Å². The largest absolute Gasteiger partial charge is 0.353 e. The zero-order chi connectivity index (χ0) is 15.4. The number of Topliss-reactive ketones (excluding diaryl/α,β-unsaturated/α-hetero) is 1. The van der Waals surface area contributed by atoms with Gasteiger partial charge >= 0.3 is 0 Å². The van der Waals surface area contributed by atoms with Crippen LogP contribution in [0.2, 0.25) is 0 Å². The van der Waals surface area contributed by atoms with Gasteiger partial charge in [0.15, 0.2) is 5.78 Å². The van der Waals surface area contributed by atoms with Crippen LogP contribution in [0.25, 0.3) is 0 Å². The molecule has 2 rings (SSSR count). The van der Waals surface area contributed by atoms with E-state index in [0.717, 1.165) is 37.3 Å². The summed E-state index contributed by atoms with van der Waals surface area (Å²) in [5.41, 5.74) is 1.95. The van der Waals surface area contributed by atoms with Crippen LogP contribution in [0, 0.1) is 0 Å². The number of carbonyl (C=O) groups excluding carboxylic acids is 1. The zero-order valence-electron chi connectivity index (χ0n) is 13.3. The highest BCUT2D eigenvalue weighted by molar-refractivity contribution is 5.94. The SMILES string of the molecule is CC(=O)c1cc(CN(C)CCCc2nccn2C)n(C)c1. The molecule has 114 valence electrons. The van der Waals surface area contributed by atoms with E-state index in [2.05, 4.69) is 21.5 Å². The highest BCUT2D eigenvalue weighted by atomic mass is 16.1. The van der Waals surface area contributed by atoms with Crippen molar-refractivity contribution in [3.8, 4) is 0 Å². The third-order valence-corrected chi connectivity index (χ3v) is 3.81. The van der Waals surface area contributed by atoms with Crippen molar-refractivity contribution < 1.29 is 4.79 Å². The number of hydrogen-bond donors (Lipinski definition) is 0. The van der Waals surface area contributed by atoms with Crippen molar-refractivity contribution >= 4 is 5.78 Å². The van der Waals surface area contributed by atoms with Crippen LogP contribution in [0.15, 0.2) is 24.7 Å². The van der Waals surface area contributed by atoms with Gasteiger partial charge in [-0.2, -0.15) is 0 Å². The van der Waals surface area contributed by atoms with Crippen LogP contribution in [0.3, 0.4) is 0 Å². The molecule has 0 saturated heterocycles. The van der Waals surface area contributed by atoms with Crippen LogP contribution in [-0.4, -0.2) is 38.4 Å². The molecule has 0 aliphatic rings. The van der Waals surface area contributed by atoms with Gasteiger partial charge in [0.25, 0.3) is 0 Å². The van der Waals surface area contributed by atoms with Crippen molar-refractivity contribution in [3.63, 3.8) is 0 Å². The molecule has 0 amide bonds. The average molecular weight is 288 g/mol. The van der Waals surface area contributed by atoms with Gasteiger partial charge in [-0.25, -0.2) is 4.98 Å². The Kier molecular flexibility index (Phi) is 4.96. The molecule has 2 aromatic rings. The molecule has 0 aliphatic heterocycles. The topological polar surface area (TPSA) is 43.1 Å². The standard InChI is InChI=1S/C16H24N4O/c1-13(21)14-10-15(20(4)11-14)12-18(2)8-5-6-16-17-7-9-19(16)3/h7,9-11H,5-6,8,12H2,1-4H3. The fourth-order valence-corrected chi connectivity index (χ4v) is 2.46. The highest BCUT2D eigenvalue weighted by Crippen LogP contribution is 2.10. The summed E-state index contributed by atoms with van der Waals surface area (Å²) in [4.78, 5) is 18.0. The molecule has 0 atom stereocenters. The molecular weight excluding hydrogens is 264 g/mol. The Hall–Kier alpha value is -1.88. The number of ketones is 1. The van der Waals surface area contributed by atoms with Gasteiger partial charge in [0.2, 0.25) is 0 Å². The Bertz CT molecular complexity index is 612. The number of hydrogen-bond acceptors (Lipinski definition) is 3. The number of aromatic nitrogens is 3. The second-order valence-electron chi connectivity index (χ2n) is 5.68. The molecule has 0 unspecified atom stereocenters. The van der Waals surface area contributed by atoms with Crippen LogP contribution in [-0.2, 0) is 27.1 Å². The fourth-order valence-electron chi connectivity index (χ4n) is 2.46. The van der Waals surface area contributed by atoms with E-state index in [9.17, 15) is 4.79 Å². The van der Waals surface area contributed by atoms with E-state index in [1.54, 1.807) is 6.92 Å². The number of imidazole rings is 1. The average Bonchev–Trinajstić information content (AvgIpc) is 2.97. The summed E-state index contributed by atoms with van der Waals surface area (Å²) in [7, 11) is 6.13. The summed E-state index contributed by atoms with van der Waals surface area (Å²) in [5, 5.41) is 0. The van der Waals surface area contributed by atoms with Crippen molar-refractivity contribution in [1.82, 2.24) is 19.0 Å². The minimum Gasteiger partial charge on any atom is -0.353 e. The molecule has 0 aromatic carbocycles. The first-order valence-corrected chi connectivity index (χ1v) is 7.28. The molecule has 0 radical (unpaired) electrons.